The first-order chi connectivity index (χ1) is 12.1. The molecule has 0 amide bonds. The fourth-order valence-corrected chi connectivity index (χ4v) is 2.83. The van der Waals surface area contributed by atoms with Crippen LogP contribution in [0, 0.1) is 10.1 Å². The highest BCUT2D eigenvalue weighted by molar-refractivity contribution is 7.37. The molecule has 0 saturated heterocycles. The third kappa shape index (κ3) is 5.20. The lowest BCUT2D eigenvalue weighted by atomic mass is 10.1. The van der Waals surface area contributed by atoms with Crippen molar-refractivity contribution in [1.82, 2.24) is 0 Å². The van der Waals surface area contributed by atoms with Gasteiger partial charge in [0.2, 0.25) is 0 Å². The van der Waals surface area contributed by atoms with Crippen molar-refractivity contribution in [2.24, 2.45) is 0 Å². The number of benzene rings is 2. The molecule has 0 radical (unpaired) electrons. The van der Waals surface area contributed by atoms with Crippen LogP contribution >= 0.6 is 19.6 Å². The van der Waals surface area contributed by atoms with E-state index in [0.29, 0.717) is 6.07 Å². The van der Waals surface area contributed by atoms with E-state index < -0.39 is 24.7 Å². The second-order valence-corrected chi connectivity index (χ2v) is 6.88. The molecule has 1 atom stereocenters. The van der Waals surface area contributed by atoms with Gasteiger partial charge in [-0.05, 0) is 36.8 Å². The molecule has 1 N–H and O–H groups in total. The summed E-state index contributed by atoms with van der Waals surface area (Å²) in [5.74, 6) is 0.0417. The van der Waals surface area contributed by atoms with Crippen LogP contribution in [0.4, 0.5) is 18.9 Å². The molecule has 6 nitrogen and oxygen atoms in total. The highest BCUT2D eigenvalue weighted by Crippen LogP contribution is 2.37. The van der Waals surface area contributed by atoms with Crippen molar-refractivity contribution >= 4 is 25.3 Å². The van der Waals surface area contributed by atoms with Gasteiger partial charge >= 0.3 is 6.18 Å². The Morgan fingerprint density at radius 2 is 1.92 bits per heavy atom. The summed E-state index contributed by atoms with van der Waals surface area (Å²) in [4.78, 5) is 19.3. The lowest BCUT2D eigenvalue weighted by Crippen LogP contribution is -2.04. The van der Waals surface area contributed by atoms with Gasteiger partial charge in [-0.2, -0.15) is 13.2 Å². The van der Waals surface area contributed by atoms with E-state index >= 15 is 0 Å². The van der Waals surface area contributed by atoms with Gasteiger partial charge in [0.1, 0.15) is 11.5 Å². The van der Waals surface area contributed by atoms with Crippen molar-refractivity contribution in [3.63, 3.8) is 0 Å². The Hall–Kier alpha value is -2.09. The van der Waals surface area contributed by atoms with Gasteiger partial charge in [0.05, 0.1) is 15.5 Å². The van der Waals surface area contributed by atoms with E-state index in [-0.39, 0.29) is 40.4 Å². The van der Waals surface area contributed by atoms with E-state index in [2.05, 4.69) is 0 Å². The number of halogens is 4. The maximum atomic E-state index is 12.6. The molecule has 0 heterocycles. The summed E-state index contributed by atoms with van der Waals surface area (Å²) in [5.41, 5.74) is -1.02. The summed E-state index contributed by atoms with van der Waals surface area (Å²) in [6.07, 6.45) is -4.72. The number of ether oxygens (including phenoxy) is 1. The molecule has 0 bridgehead atoms. The van der Waals surface area contributed by atoms with Crippen molar-refractivity contribution < 1.29 is 32.3 Å². The van der Waals surface area contributed by atoms with Crippen LogP contribution in [-0.2, 0) is 17.2 Å². The van der Waals surface area contributed by atoms with Crippen LogP contribution in [0.5, 0.6) is 11.5 Å². The summed E-state index contributed by atoms with van der Waals surface area (Å²) >= 11 is 5.81. The number of nitro benzene ring substituents is 1. The summed E-state index contributed by atoms with van der Waals surface area (Å²) in [7, 11) is -2.81. The predicted octanol–water partition coefficient (Wildman–Crippen LogP) is 5.07. The second-order valence-electron chi connectivity index (χ2n) is 5.19. The molecule has 0 aromatic heterocycles. The van der Waals surface area contributed by atoms with Crippen LogP contribution in [0.2, 0.25) is 5.02 Å². The van der Waals surface area contributed by atoms with Crippen molar-refractivity contribution in [3.05, 3.63) is 62.7 Å². The van der Waals surface area contributed by atoms with Gasteiger partial charge in [-0.3, -0.25) is 14.7 Å². The van der Waals surface area contributed by atoms with E-state index in [1.165, 1.54) is 12.1 Å². The SMILES string of the molecule is O=[N+]([O-])c1ccc(Oc2ccc(C(F)(F)F)cc2Cl)cc1CC[PH](=O)O. The molecule has 2 aromatic rings. The van der Waals surface area contributed by atoms with Crippen molar-refractivity contribution in [2.75, 3.05) is 6.16 Å². The molecular formula is C15H12ClF3NO5P. The highest BCUT2D eigenvalue weighted by Gasteiger charge is 2.31. The Morgan fingerprint density at radius 1 is 1.23 bits per heavy atom. The number of nitrogens with zero attached hydrogens (tertiary/aromatic N) is 1. The molecule has 26 heavy (non-hydrogen) atoms. The van der Waals surface area contributed by atoms with Gasteiger partial charge in [0.25, 0.3) is 5.69 Å². The molecule has 0 spiro atoms. The van der Waals surface area contributed by atoms with Crippen molar-refractivity contribution in [1.29, 1.82) is 0 Å². The van der Waals surface area contributed by atoms with E-state index in [1.807, 2.05) is 0 Å². The molecule has 11 heteroatoms. The van der Waals surface area contributed by atoms with Gasteiger partial charge in [-0.15, -0.1) is 0 Å². The average Bonchev–Trinajstić information content (AvgIpc) is 2.53. The third-order valence-corrected chi connectivity index (χ3v) is 4.32. The molecule has 0 aliphatic heterocycles. The minimum Gasteiger partial charge on any atom is -0.456 e. The topological polar surface area (TPSA) is 89.7 Å². The fourth-order valence-electron chi connectivity index (χ4n) is 2.13. The molecule has 0 fully saturated rings. The zero-order valence-electron chi connectivity index (χ0n) is 12.9. The van der Waals surface area contributed by atoms with Gasteiger partial charge in [0, 0.05) is 17.8 Å². The molecule has 0 aliphatic rings. The fraction of sp³-hybridized carbons (Fsp3) is 0.200. The minimum atomic E-state index is -4.55. The zero-order chi connectivity index (χ0) is 19.5. The van der Waals surface area contributed by atoms with Gasteiger partial charge in [0.15, 0.2) is 8.03 Å². The van der Waals surface area contributed by atoms with Crippen LogP contribution in [0.3, 0.4) is 0 Å². The summed E-state index contributed by atoms with van der Waals surface area (Å²) in [5, 5.41) is 10.7. The molecule has 0 saturated carbocycles. The molecular weight excluding hydrogens is 398 g/mol. The Balaban J connectivity index is 2.30. The smallest absolute Gasteiger partial charge is 0.416 e. The summed E-state index contributed by atoms with van der Waals surface area (Å²) in [6, 6.07) is 6.25. The van der Waals surface area contributed by atoms with Crippen LogP contribution in [0.25, 0.3) is 0 Å². The monoisotopic (exact) mass is 409 g/mol. The van der Waals surface area contributed by atoms with Crippen LogP contribution in [-0.4, -0.2) is 16.0 Å². The van der Waals surface area contributed by atoms with Crippen LogP contribution in [0.1, 0.15) is 11.1 Å². The molecule has 1 unspecified atom stereocenters. The first-order valence-electron chi connectivity index (χ1n) is 7.11. The average molecular weight is 410 g/mol. The number of nitro groups is 1. The largest absolute Gasteiger partial charge is 0.456 e. The minimum absolute atomic E-state index is 0.0252. The normalized spacial score (nSPS) is 12.7. The molecule has 0 aliphatic carbocycles. The van der Waals surface area contributed by atoms with Crippen LogP contribution < -0.4 is 4.74 Å². The van der Waals surface area contributed by atoms with Gasteiger partial charge in [-0.1, -0.05) is 11.6 Å². The summed E-state index contributed by atoms with van der Waals surface area (Å²) < 4.78 is 54.2. The first-order valence-corrected chi connectivity index (χ1v) is 9.05. The van der Waals surface area contributed by atoms with E-state index in [1.54, 1.807) is 0 Å². The van der Waals surface area contributed by atoms with E-state index in [9.17, 15) is 27.9 Å². The third-order valence-electron chi connectivity index (χ3n) is 3.34. The molecule has 140 valence electrons. The number of hydrogen-bond donors (Lipinski definition) is 1. The Morgan fingerprint density at radius 3 is 2.46 bits per heavy atom. The lowest BCUT2D eigenvalue weighted by molar-refractivity contribution is -0.385. The number of aryl methyl sites for hydroxylation is 1. The van der Waals surface area contributed by atoms with E-state index in [0.717, 1.165) is 18.2 Å². The Labute approximate surface area is 151 Å². The first kappa shape index (κ1) is 20.2. The second kappa shape index (κ2) is 8.07. The predicted molar refractivity (Wildman–Crippen MR) is 89.4 cm³/mol. The number of hydrogen-bond acceptors (Lipinski definition) is 4. The van der Waals surface area contributed by atoms with Crippen molar-refractivity contribution in [3.8, 4) is 11.5 Å². The lowest BCUT2D eigenvalue weighted by Gasteiger charge is -2.12. The van der Waals surface area contributed by atoms with Crippen LogP contribution in [0.15, 0.2) is 36.4 Å². The van der Waals surface area contributed by atoms with Gasteiger partial charge in [-0.25, -0.2) is 0 Å². The molecule has 2 aromatic carbocycles. The maximum absolute atomic E-state index is 12.6. The van der Waals surface area contributed by atoms with E-state index in [4.69, 9.17) is 21.2 Å². The molecule has 2 rings (SSSR count). The van der Waals surface area contributed by atoms with Gasteiger partial charge < -0.3 is 9.63 Å². The number of rotatable bonds is 6. The Kier molecular flexibility index (Phi) is 6.28. The highest BCUT2D eigenvalue weighted by atomic mass is 35.5. The number of alkyl halides is 3. The van der Waals surface area contributed by atoms with Crippen molar-refractivity contribution in [2.45, 2.75) is 12.6 Å². The maximum Gasteiger partial charge on any atom is 0.416 e. The standard InChI is InChI=1S/C15H12ClF3NO5P/c16-12-8-10(15(17,18)19)1-4-14(12)25-11-2-3-13(20(21)22)9(7-11)5-6-26(23)24/h1-4,7-8,26H,5-6H2,(H,23,24). The summed E-state index contributed by atoms with van der Waals surface area (Å²) in [6.45, 7) is 0. The zero-order valence-corrected chi connectivity index (χ0v) is 14.7. The Bertz CT molecular complexity index is 860. The quantitative estimate of drug-likeness (QED) is 0.409.